The summed E-state index contributed by atoms with van der Waals surface area (Å²) >= 11 is 0. The van der Waals surface area contributed by atoms with Crippen LogP contribution in [0, 0.1) is 0 Å². The van der Waals surface area contributed by atoms with E-state index in [-0.39, 0.29) is 11.9 Å². The van der Waals surface area contributed by atoms with Crippen molar-refractivity contribution in [3.05, 3.63) is 35.4 Å². The van der Waals surface area contributed by atoms with Gasteiger partial charge in [-0.3, -0.25) is 4.79 Å². The van der Waals surface area contributed by atoms with Gasteiger partial charge in [0.25, 0.3) is 0 Å². The molecule has 0 amide bonds. The van der Waals surface area contributed by atoms with Crippen LogP contribution in [0.25, 0.3) is 0 Å². The summed E-state index contributed by atoms with van der Waals surface area (Å²) in [6.45, 7) is 2.23. The highest BCUT2D eigenvalue weighted by molar-refractivity contribution is 5.82. The third kappa shape index (κ3) is 1.49. The Balaban J connectivity index is 2.42. The second-order valence-electron chi connectivity index (χ2n) is 3.31. The Hall–Kier alpha value is -1.15. The molecule has 0 bridgehead atoms. The fraction of sp³-hybridized carbons (Fsp3) is 0.364. The zero-order valence-corrected chi connectivity index (χ0v) is 7.62. The molecule has 1 aromatic carbocycles. The van der Waals surface area contributed by atoms with E-state index in [2.05, 4.69) is 6.07 Å². The second-order valence-corrected chi connectivity index (χ2v) is 3.31. The van der Waals surface area contributed by atoms with E-state index in [1.54, 1.807) is 6.92 Å². The van der Waals surface area contributed by atoms with Gasteiger partial charge in [0.2, 0.25) is 0 Å². The summed E-state index contributed by atoms with van der Waals surface area (Å²) in [5.41, 5.74) is 2.29. The number of ether oxygens (including phenoxy) is 1. The van der Waals surface area contributed by atoms with Gasteiger partial charge in [0.1, 0.15) is 6.10 Å². The quantitative estimate of drug-likeness (QED) is 0.653. The highest BCUT2D eigenvalue weighted by Crippen LogP contribution is 2.27. The summed E-state index contributed by atoms with van der Waals surface area (Å²) in [7, 11) is 0. The molecule has 2 nitrogen and oxygen atoms in total. The maximum absolute atomic E-state index is 11.2. The number of benzene rings is 1. The van der Waals surface area contributed by atoms with Crippen LogP contribution in [0.2, 0.25) is 0 Å². The molecule has 0 aromatic heterocycles. The first-order chi connectivity index (χ1) is 6.29. The van der Waals surface area contributed by atoms with Gasteiger partial charge in [-0.15, -0.1) is 0 Å². The topological polar surface area (TPSA) is 26.3 Å². The molecule has 1 atom stereocenters. The Morgan fingerprint density at radius 3 is 3.00 bits per heavy atom. The standard InChI is InChI=1S/C11H12O2/c1-8(12)11-10-5-3-2-4-9(10)6-7-13-11/h2-5,11H,6-7H2,1H3. The summed E-state index contributed by atoms with van der Waals surface area (Å²) in [5.74, 6) is 0.0900. The normalized spacial score (nSPS) is 20.8. The Kier molecular flexibility index (Phi) is 2.15. The first-order valence-electron chi connectivity index (χ1n) is 4.49. The van der Waals surface area contributed by atoms with Crippen LogP contribution in [0.4, 0.5) is 0 Å². The van der Waals surface area contributed by atoms with Crippen LogP contribution in [0.3, 0.4) is 0 Å². The van der Waals surface area contributed by atoms with Crippen LogP contribution in [-0.2, 0) is 16.0 Å². The van der Waals surface area contributed by atoms with Gasteiger partial charge in [-0.25, -0.2) is 0 Å². The number of rotatable bonds is 1. The molecule has 0 N–H and O–H groups in total. The molecule has 0 radical (unpaired) electrons. The molecule has 1 aliphatic rings. The number of fused-ring (bicyclic) bond motifs is 1. The summed E-state index contributed by atoms with van der Waals surface area (Å²) in [5, 5.41) is 0. The van der Waals surface area contributed by atoms with Gasteiger partial charge < -0.3 is 4.74 Å². The molecule has 0 fully saturated rings. The molecule has 68 valence electrons. The van der Waals surface area contributed by atoms with Crippen LogP contribution < -0.4 is 0 Å². The van der Waals surface area contributed by atoms with Crippen LogP contribution in [0.5, 0.6) is 0 Å². The van der Waals surface area contributed by atoms with E-state index in [9.17, 15) is 4.79 Å². The lowest BCUT2D eigenvalue weighted by molar-refractivity contribution is -0.129. The van der Waals surface area contributed by atoms with E-state index in [0.717, 1.165) is 12.0 Å². The number of carbonyl (C=O) groups excluding carboxylic acids is 1. The minimum atomic E-state index is -0.329. The summed E-state index contributed by atoms with van der Waals surface area (Å²) in [6, 6.07) is 7.99. The molecule has 0 spiro atoms. The van der Waals surface area contributed by atoms with E-state index in [1.165, 1.54) is 5.56 Å². The van der Waals surface area contributed by atoms with Crippen molar-refractivity contribution in [1.82, 2.24) is 0 Å². The van der Waals surface area contributed by atoms with Gasteiger partial charge in [0.05, 0.1) is 6.61 Å². The highest BCUT2D eigenvalue weighted by atomic mass is 16.5. The van der Waals surface area contributed by atoms with Gasteiger partial charge in [0, 0.05) is 0 Å². The third-order valence-corrected chi connectivity index (χ3v) is 2.36. The van der Waals surface area contributed by atoms with Crippen LogP contribution >= 0.6 is 0 Å². The molecule has 0 aliphatic carbocycles. The molecule has 1 aliphatic heterocycles. The number of Topliss-reactive ketones (excluding diaryl/α,β-unsaturated/α-hetero) is 1. The molecular weight excluding hydrogens is 164 g/mol. The zero-order chi connectivity index (χ0) is 9.26. The maximum atomic E-state index is 11.2. The molecule has 1 unspecified atom stereocenters. The summed E-state index contributed by atoms with van der Waals surface area (Å²) in [4.78, 5) is 11.2. The van der Waals surface area contributed by atoms with Crippen molar-refractivity contribution in [2.75, 3.05) is 6.61 Å². The van der Waals surface area contributed by atoms with Crippen molar-refractivity contribution < 1.29 is 9.53 Å². The molecule has 1 heterocycles. The lowest BCUT2D eigenvalue weighted by atomic mass is 9.96. The number of hydrogen-bond acceptors (Lipinski definition) is 2. The lowest BCUT2D eigenvalue weighted by Crippen LogP contribution is -2.21. The highest BCUT2D eigenvalue weighted by Gasteiger charge is 2.23. The second kappa shape index (κ2) is 3.30. The van der Waals surface area contributed by atoms with Crippen molar-refractivity contribution in [2.24, 2.45) is 0 Å². The number of carbonyl (C=O) groups is 1. The minimum absolute atomic E-state index is 0.0900. The smallest absolute Gasteiger partial charge is 0.163 e. The maximum Gasteiger partial charge on any atom is 0.163 e. The zero-order valence-electron chi connectivity index (χ0n) is 7.62. The Morgan fingerprint density at radius 2 is 2.23 bits per heavy atom. The van der Waals surface area contributed by atoms with Crippen molar-refractivity contribution in [1.29, 1.82) is 0 Å². The van der Waals surface area contributed by atoms with Gasteiger partial charge in [-0.1, -0.05) is 24.3 Å². The largest absolute Gasteiger partial charge is 0.365 e. The molecule has 1 aromatic rings. The number of hydrogen-bond donors (Lipinski definition) is 0. The fourth-order valence-corrected chi connectivity index (χ4v) is 1.73. The van der Waals surface area contributed by atoms with Gasteiger partial charge in [0.15, 0.2) is 5.78 Å². The van der Waals surface area contributed by atoms with E-state index < -0.39 is 0 Å². The number of ketones is 1. The first-order valence-corrected chi connectivity index (χ1v) is 4.49. The van der Waals surface area contributed by atoms with E-state index in [1.807, 2.05) is 18.2 Å². The van der Waals surface area contributed by atoms with Crippen LogP contribution in [0.15, 0.2) is 24.3 Å². The van der Waals surface area contributed by atoms with Gasteiger partial charge in [-0.05, 0) is 24.5 Å². The van der Waals surface area contributed by atoms with Crippen LogP contribution in [0.1, 0.15) is 24.2 Å². The Bertz CT molecular complexity index is 331. The predicted molar refractivity (Wildman–Crippen MR) is 49.5 cm³/mol. The first kappa shape index (κ1) is 8.45. The molecule has 2 heteroatoms. The van der Waals surface area contributed by atoms with Gasteiger partial charge in [-0.2, -0.15) is 0 Å². The average Bonchev–Trinajstić information content (AvgIpc) is 2.17. The molecule has 0 saturated carbocycles. The van der Waals surface area contributed by atoms with E-state index in [4.69, 9.17) is 4.74 Å². The van der Waals surface area contributed by atoms with E-state index in [0.29, 0.717) is 6.61 Å². The SMILES string of the molecule is CC(=O)C1OCCc2ccccc21. The third-order valence-electron chi connectivity index (χ3n) is 2.36. The van der Waals surface area contributed by atoms with Crippen LogP contribution in [-0.4, -0.2) is 12.4 Å². The molecule has 2 rings (SSSR count). The molecule has 0 saturated heterocycles. The monoisotopic (exact) mass is 176 g/mol. The molecule has 13 heavy (non-hydrogen) atoms. The predicted octanol–water partition coefficient (Wildman–Crippen LogP) is 1.89. The Labute approximate surface area is 77.5 Å². The van der Waals surface area contributed by atoms with Crippen molar-refractivity contribution in [2.45, 2.75) is 19.4 Å². The van der Waals surface area contributed by atoms with Crippen molar-refractivity contribution in [3.63, 3.8) is 0 Å². The summed E-state index contributed by atoms with van der Waals surface area (Å²) < 4.78 is 5.42. The fourth-order valence-electron chi connectivity index (χ4n) is 1.73. The lowest BCUT2D eigenvalue weighted by Gasteiger charge is -2.23. The van der Waals surface area contributed by atoms with Crippen molar-refractivity contribution >= 4 is 5.78 Å². The Morgan fingerprint density at radius 1 is 1.46 bits per heavy atom. The molecular formula is C11H12O2. The average molecular weight is 176 g/mol. The summed E-state index contributed by atoms with van der Waals surface area (Å²) in [6.07, 6.45) is 0.588. The van der Waals surface area contributed by atoms with E-state index >= 15 is 0 Å². The van der Waals surface area contributed by atoms with Gasteiger partial charge >= 0.3 is 0 Å². The van der Waals surface area contributed by atoms with Crippen molar-refractivity contribution in [3.8, 4) is 0 Å². The minimum Gasteiger partial charge on any atom is -0.365 e.